The van der Waals surface area contributed by atoms with Gasteiger partial charge in [0.05, 0.1) is 18.5 Å². The molecule has 0 bridgehead atoms. The van der Waals surface area contributed by atoms with Crippen molar-refractivity contribution in [1.29, 1.82) is 0 Å². The molecule has 0 saturated carbocycles. The van der Waals surface area contributed by atoms with E-state index in [1.807, 2.05) is 48.9 Å². The van der Waals surface area contributed by atoms with E-state index in [0.29, 0.717) is 24.7 Å². The van der Waals surface area contributed by atoms with E-state index in [1.165, 1.54) is 6.07 Å². The van der Waals surface area contributed by atoms with Crippen molar-refractivity contribution in [2.75, 3.05) is 11.9 Å². The molecule has 0 spiro atoms. The number of rotatable bonds is 6. The van der Waals surface area contributed by atoms with Crippen LogP contribution in [0, 0.1) is 5.82 Å². The fourth-order valence-electron chi connectivity index (χ4n) is 2.60. The van der Waals surface area contributed by atoms with Gasteiger partial charge in [-0.2, -0.15) is 0 Å². The second kappa shape index (κ2) is 11.1. The number of carboxylic acids is 2. The number of aliphatic carboxylic acids is 2. The second-order valence-corrected chi connectivity index (χ2v) is 7.00. The maximum Gasteiger partial charge on any atom is 0.414 e. The van der Waals surface area contributed by atoms with E-state index >= 15 is 0 Å². The normalized spacial score (nSPS) is 10.1. The fraction of sp³-hybridized carbons (Fsp3) is 0.190. The molecule has 3 rings (SSSR count). The van der Waals surface area contributed by atoms with Crippen LogP contribution >= 0.6 is 15.9 Å². The Hall–Kier alpha value is -3.40. The third-order valence-corrected chi connectivity index (χ3v) is 4.86. The van der Waals surface area contributed by atoms with Crippen LogP contribution in [0.4, 0.5) is 10.3 Å². The predicted octanol–water partition coefficient (Wildman–Crippen LogP) is 4.16. The van der Waals surface area contributed by atoms with Gasteiger partial charge in [-0.15, -0.1) is 0 Å². The zero-order valence-electron chi connectivity index (χ0n) is 16.8. The number of imidazole rings is 1. The molecule has 0 aliphatic rings. The number of hydrogen-bond donors (Lipinski definition) is 3. The predicted molar refractivity (Wildman–Crippen MR) is 117 cm³/mol. The molecule has 1 heterocycles. The Kier molecular flexibility index (Phi) is 8.56. The van der Waals surface area contributed by atoms with E-state index in [1.54, 1.807) is 12.3 Å². The van der Waals surface area contributed by atoms with Crippen molar-refractivity contribution >= 4 is 33.8 Å². The molecule has 0 amide bonds. The van der Waals surface area contributed by atoms with Gasteiger partial charge in [-0.1, -0.05) is 22.0 Å². The van der Waals surface area contributed by atoms with E-state index < -0.39 is 11.9 Å². The smallest absolute Gasteiger partial charge is 0.414 e. The molecule has 1 aromatic heterocycles. The Balaban J connectivity index is 0.000000501. The Morgan fingerprint density at radius 2 is 1.81 bits per heavy atom. The summed E-state index contributed by atoms with van der Waals surface area (Å²) in [4.78, 5) is 22.6. The van der Waals surface area contributed by atoms with Crippen molar-refractivity contribution in [2.45, 2.75) is 13.5 Å². The standard InChI is InChI=1S/C19H19BrFN3O.C2H2O4/c1-3-25-14-9-7-13(8-10-14)18-12-23-19(24(18)2)22-11-15-16(20)5-4-6-17(15)21;3-1(4)2(5)6/h4-10,12H,3,11H2,1-2H3,(H,22,23);(H,3,4)(H,5,6). The summed E-state index contributed by atoms with van der Waals surface area (Å²) in [5.74, 6) is -2.37. The summed E-state index contributed by atoms with van der Waals surface area (Å²) >= 11 is 3.38. The number of halogens is 2. The zero-order valence-corrected chi connectivity index (χ0v) is 18.4. The molecule has 0 saturated heterocycles. The van der Waals surface area contributed by atoms with E-state index in [9.17, 15) is 4.39 Å². The van der Waals surface area contributed by atoms with Crippen LogP contribution in [-0.2, 0) is 23.2 Å². The van der Waals surface area contributed by atoms with E-state index in [4.69, 9.17) is 24.5 Å². The van der Waals surface area contributed by atoms with Crippen LogP contribution in [-0.4, -0.2) is 38.3 Å². The van der Waals surface area contributed by atoms with Gasteiger partial charge in [0.2, 0.25) is 5.95 Å². The molecule has 0 radical (unpaired) electrons. The first kappa shape index (κ1) is 23.9. The van der Waals surface area contributed by atoms with Crippen molar-refractivity contribution in [2.24, 2.45) is 7.05 Å². The number of carboxylic acid groups (broad SMARTS) is 2. The largest absolute Gasteiger partial charge is 0.494 e. The highest BCUT2D eigenvalue weighted by Crippen LogP contribution is 2.25. The molecule has 0 fully saturated rings. The first-order valence-electron chi connectivity index (χ1n) is 9.12. The van der Waals surface area contributed by atoms with Crippen molar-refractivity contribution in [3.63, 3.8) is 0 Å². The number of nitrogens with zero attached hydrogens (tertiary/aromatic N) is 2. The zero-order chi connectivity index (χ0) is 23.0. The molecule has 164 valence electrons. The maximum absolute atomic E-state index is 13.9. The molecule has 0 atom stereocenters. The maximum atomic E-state index is 13.9. The van der Waals surface area contributed by atoms with E-state index in [-0.39, 0.29) is 5.82 Å². The van der Waals surface area contributed by atoms with Gasteiger partial charge < -0.3 is 24.8 Å². The molecule has 3 aromatic rings. The minimum Gasteiger partial charge on any atom is -0.494 e. The number of carbonyl (C=O) groups is 2. The summed E-state index contributed by atoms with van der Waals surface area (Å²) < 4.78 is 22.1. The van der Waals surface area contributed by atoms with Crippen LogP contribution in [0.5, 0.6) is 5.75 Å². The highest BCUT2D eigenvalue weighted by atomic mass is 79.9. The van der Waals surface area contributed by atoms with Crippen LogP contribution in [0.3, 0.4) is 0 Å². The molecule has 10 heteroatoms. The average molecular weight is 494 g/mol. The SMILES string of the molecule is CCOc1ccc(-c2cnc(NCc3c(F)cccc3Br)n2C)cc1.O=C(O)C(=O)O. The Bertz CT molecular complexity index is 1020. The van der Waals surface area contributed by atoms with Crippen molar-refractivity contribution in [3.8, 4) is 17.0 Å². The number of ether oxygens (including phenoxy) is 1. The van der Waals surface area contributed by atoms with Crippen LogP contribution in [0.15, 0.2) is 53.1 Å². The lowest BCUT2D eigenvalue weighted by atomic mass is 10.1. The highest BCUT2D eigenvalue weighted by Gasteiger charge is 2.11. The number of benzene rings is 2. The number of nitrogens with one attached hydrogen (secondary N) is 1. The van der Waals surface area contributed by atoms with Gasteiger partial charge in [-0.25, -0.2) is 19.0 Å². The fourth-order valence-corrected chi connectivity index (χ4v) is 3.08. The van der Waals surface area contributed by atoms with Gasteiger partial charge in [0.25, 0.3) is 0 Å². The lowest BCUT2D eigenvalue weighted by Gasteiger charge is -2.10. The first-order chi connectivity index (χ1) is 14.7. The average Bonchev–Trinajstić information content (AvgIpc) is 3.09. The summed E-state index contributed by atoms with van der Waals surface area (Å²) in [6.07, 6.45) is 1.80. The first-order valence-corrected chi connectivity index (χ1v) is 9.91. The van der Waals surface area contributed by atoms with E-state index in [0.717, 1.165) is 21.5 Å². The number of aromatic nitrogens is 2. The molecular formula is C21H21BrFN3O5. The third-order valence-electron chi connectivity index (χ3n) is 4.12. The van der Waals surface area contributed by atoms with Crippen LogP contribution in [0.2, 0.25) is 0 Å². The van der Waals surface area contributed by atoms with Crippen LogP contribution < -0.4 is 10.1 Å². The number of anilines is 1. The minimum atomic E-state index is -1.82. The monoisotopic (exact) mass is 493 g/mol. The van der Waals surface area contributed by atoms with Gasteiger partial charge >= 0.3 is 11.9 Å². The highest BCUT2D eigenvalue weighted by molar-refractivity contribution is 9.10. The van der Waals surface area contributed by atoms with Crippen LogP contribution in [0.25, 0.3) is 11.3 Å². The van der Waals surface area contributed by atoms with E-state index in [2.05, 4.69) is 26.2 Å². The Morgan fingerprint density at radius 3 is 2.35 bits per heavy atom. The molecule has 8 nitrogen and oxygen atoms in total. The van der Waals surface area contributed by atoms with Gasteiger partial charge in [-0.3, -0.25) is 0 Å². The summed E-state index contributed by atoms with van der Waals surface area (Å²) in [5.41, 5.74) is 2.59. The second-order valence-electron chi connectivity index (χ2n) is 6.15. The number of hydrogen-bond acceptors (Lipinski definition) is 5. The molecule has 0 unspecified atom stereocenters. The third kappa shape index (κ3) is 6.54. The molecule has 2 aromatic carbocycles. The molecule has 0 aliphatic heterocycles. The molecule has 0 aliphatic carbocycles. The molecule has 3 N–H and O–H groups in total. The Morgan fingerprint density at radius 1 is 1.16 bits per heavy atom. The summed E-state index contributed by atoms with van der Waals surface area (Å²) in [6.45, 7) is 2.95. The Labute approximate surface area is 186 Å². The van der Waals surface area contributed by atoms with Gasteiger partial charge in [0.1, 0.15) is 11.6 Å². The summed E-state index contributed by atoms with van der Waals surface area (Å²) in [6, 6.07) is 12.8. The van der Waals surface area contributed by atoms with Gasteiger partial charge in [0.15, 0.2) is 0 Å². The minimum absolute atomic E-state index is 0.247. The van der Waals surface area contributed by atoms with Gasteiger partial charge in [0, 0.05) is 29.2 Å². The summed E-state index contributed by atoms with van der Waals surface area (Å²) in [5, 5.41) is 18.0. The quantitative estimate of drug-likeness (QED) is 0.441. The van der Waals surface area contributed by atoms with Crippen molar-refractivity contribution < 1.29 is 28.9 Å². The van der Waals surface area contributed by atoms with Crippen molar-refractivity contribution in [3.05, 3.63) is 64.5 Å². The van der Waals surface area contributed by atoms with Crippen molar-refractivity contribution in [1.82, 2.24) is 9.55 Å². The lowest BCUT2D eigenvalue weighted by Crippen LogP contribution is -2.09. The molecule has 31 heavy (non-hydrogen) atoms. The molecular weight excluding hydrogens is 473 g/mol. The van der Waals surface area contributed by atoms with Crippen LogP contribution in [0.1, 0.15) is 12.5 Å². The lowest BCUT2D eigenvalue weighted by molar-refractivity contribution is -0.159. The topological polar surface area (TPSA) is 114 Å². The van der Waals surface area contributed by atoms with Gasteiger partial charge in [-0.05, 0) is 43.3 Å². The summed E-state index contributed by atoms with van der Waals surface area (Å²) in [7, 11) is 1.93.